The fourth-order valence-electron chi connectivity index (χ4n) is 2.51. The van der Waals surface area contributed by atoms with E-state index in [1.807, 2.05) is 0 Å². The zero-order chi connectivity index (χ0) is 16.2. The molecule has 1 aliphatic heterocycles. The van der Waals surface area contributed by atoms with E-state index in [0.717, 1.165) is 12.8 Å². The van der Waals surface area contributed by atoms with Gasteiger partial charge in [0.05, 0.1) is 11.5 Å². The number of hydrogen-bond donors (Lipinski definition) is 1. The highest BCUT2D eigenvalue weighted by atomic mass is 32.2. The van der Waals surface area contributed by atoms with Crippen molar-refractivity contribution in [2.45, 2.75) is 31.6 Å². The van der Waals surface area contributed by atoms with Crippen LogP contribution in [0.2, 0.25) is 0 Å². The zero-order valence-corrected chi connectivity index (χ0v) is 13.7. The van der Waals surface area contributed by atoms with E-state index in [4.69, 9.17) is 4.74 Å². The fraction of sp³-hybridized carbons (Fsp3) is 0.533. The van der Waals surface area contributed by atoms with Crippen molar-refractivity contribution in [3.63, 3.8) is 0 Å². The maximum Gasteiger partial charge on any atom is 0.411 e. The summed E-state index contributed by atoms with van der Waals surface area (Å²) in [6.45, 7) is 5.19. The van der Waals surface area contributed by atoms with Gasteiger partial charge < -0.3 is 4.74 Å². The maximum absolute atomic E-state index is 12.6. The average Bonchev–Trinajstić information content (AvgIpc) is 2.48. The molecule has 0 unspecified atom stereocenters. The molecule has 1 heterocycles. The summed E-state index contributed by atoms with van der Waals surface area (Å²) >= 11 is 0. The lowest BCUT2D eigenvalue weighted by molar-refractivity contribution is 0.168. The molecule has 1 amide bonds. The van der Waals surface area contributed by atoms with Crippen LogP contribution in [0.25, 0.3) is 0 Å². The van der Waals surface area contributed by atoms with Crippen molar-refractivity contribution in [1.82, 2.24) is 4.31 Å². The Morgan fingerprint density at radius 2 is 2.05 bits per heavy atom. The second-order valence-corrected chi connectivity index (χ2v) is 7.42. The lowest BCUT2D eigenvalue weighted by atomic mass is 10.0. The molecule has 0 spiro atoms. The molecule has 1 N–H and O–H groups in total. The Labute approximate surface area is 131 Å². The van der Waals surface area contributed by atoms with Crippen molar-refractivity contribution in [3.05, 3.63) is 24.3 Å². The Kier molecular flexibility index (Phi) is 5.42. The summed E-state index contributed by atoms with van der Waals surface area (Å²) in [5.74, 6) is 0.383. The molecule has 7 heteroatoms. The van der Waals surface area contributed by atoms with E-state index >= 15 is 0 Å². The van der Waals surface area contributed by atoms with Gasteiger partial charge in [-0.2, -0.15) is 4.31 Å². The molecule has 1 aromatic rings. The SMILES string of the molecule is CCOC(=O)Nc1ccc(S(=O)(=O)N2CCC[C@H](C)C2)cc1. The van der Waals surface area contributed by atoms with Gasteiger partial charge in [-0.05, 0) is 49.9 Å². The lowest BCUT2D eigenvalue weighted by Crippen LogP contribution is -2.39. The average molecular weight is 326 g/mol. The number of rotatable bonds is 4. The molecule has 1 atom stereocenters. The summed E-state index contributed by atoms with van der Waals surface area (Å²) in [6, 6.07) is 6.15. The van der Waals surface area contributed by atoms with Crippen LogP contribution >= 0.6 is 0 Å². The minimum atomic E-state index is -3.46. The smallest absolute Gasteiger partial charge is 0.411 e. The van der Waals surface area contributed by atoms with Crippen molar-refractivity contribution in [3.8, 4) is 0 Å². The summed E-state index contributed by atoms with van der Waals surface area (Å²) < 4.78 is 31.5. The number of carbonyl (C=O) groups is 1. The molecule has 6 nitrogen and oxygen atoms in total. The molecular weight excluding hydrogens is 304 g/mol. The molecule has 0 saturated carbocycles. The van der Waals surface area contributed by atoms with Crippen LogP contribution in [-0.4, -0.2) is 38.5 Å². The standard InChI is InChI=1S/C15H22N2O4S/c1-3-21-15(18)16-13-6-8-14(9-7-13)22(19,20)17-10-4-5-12(2)11-17/h6-9,12H,3-5,10-11H2,1-2H3,(H,16,18)/t12-/m0/s1. The van der Waals surface area contributed by atoms with Crippen LogP contribution in [0.5, 0.6) is 0 Å². The van der Waals surface area contributed by atoms with Gasteiger partial charge in [0, 0.05) is 18.8 Å². The molecule has 0 aromatic heterocycles. The minimum Gasteiger partial charge on any atom is -0.450 e. The topological polar surface area (TPSA) is 75.7 Å². The molecule has 1 aliphatic rings. The first-order valence-electron chi connectivity index (χ1n) is 7.47. The van der Waals surface area contributed by atoms with Gasteiger partial charge in [0.1, 0.15) is 0 Å². The summed E-state index contributed by atoms with van der Waals surface area (Å²) in [6.07, 6.45) is 1.40. The number of benzene rings is 1. The third-order valence-electron chi connectivity index (χ3n) is 3.63. The fourth-order valence-corrected chi connectivity index (χ4v) is 4.11. The second kappa shape index (κ2) is 7.11. The molecule has 1 aromatic carbocycles. The van der Waals surface area contributed by atoms with Gasteiger partial charge in [-0.3, -0.25) is 5.32 Å². The van der Waals surface area contributed by atoms with E-state index in [1.54, 1.807) is 19.1 Å². The summed E-state index contributed by atoms with van der Waals surface area (Å²) in [4.78, 5) is 11.6. The van der Waals surface area contributed by atoms with Gasteiger partial charge in [-0.1, -0.05) is 6.92 Å². The van der Waals surface area contributed by atoms with Crippen LogP contribution in [0.15, 0.2) is 29.2 Å². The molecule has 0 aliphatic carbocycles. The molecule has 122 valence electrons. The van der Waals surface area contributed by atoms with Crippen LogP contribution < -0.4 is 5.32 Å². The zero-order valence-electron chi connectivity index (χ0n) is 12.9. The van der Waals surface area contributed by atoms with Gasteiger partial charge in [-0.25, -0.2) is 13.2 Å². The first kappa shape index (κ1) is 16.8. The number of ether oxygens (including phenoxy) is 1. The lowest BCUT2D eigenvalue weighted by Gasteiger charge is -2.30. The van der Waals surface area contributed by atoms with Crippen LogP contribution in [-0.2, 0) is 14.8 Å². The van der Waals surface area contributed by atoms with E-state index in [9.17, 15) is 13.2 Å². The molecule has 1 saturated heterocycles. The predicted molar refractivity (Wildman–Crippen MR) is 84.2 cm³/mol. The third-order valence-corrected chi connectivity index (χ3v) is 5.51. The van der Waals surface area contributed by atoms with E-state index in [0.29, 0.717) is 24.7 Å². The number of sulfonamides is 1. The van der Waals surface area contributed by atoms with Crippen molar-refractivity contribution < 1.29 is 17.9 Å². The van der Waals surface area contributed by atoms with Crippen LogP contribution in [0.4, 0.5) is 10.5 Å². The first-order valence-corrected chi connectivity index (χ1v) is 8.91. The number of nitrogens with zero attached hydrogens (tertiary/aromatic N) is 1. The Hall–Kier alpha value is -1.60. The third kappa shape index (κ3) is 3.98. The predicted octanol–water partition coefficient (Wildman–Crippen LogP) is 2.68. The van der Waals surface area contributed by atoms with Crippen LogP contribution in [0, 0.1) is 5.92 Å². The largest absolute Gasteiger partial charge is 0.450 e. The highest BCUT2D eigenvalue weighted by molar-refractivity contribution is 7.89. The van der Waals surface area contributed by atoms with Crippen LogP contribution in [0.1, 0.15) is 26.7 Å². The number of hydrogen-bond acceptors (Lipinski definition) is 4. The maximum atomic E-state index is 12.6. The van der Waals surface area contributed by atoms with Crippen LogP contribution in [0.3, 0.4) is 0 Å². The Balaban J connectivity index is 2.10. The molecule has 1 fully saturated rings. The number of carbonyl (C=O) groups excluding carboxylic acids is 1. The quantitative estimate of drug-likeness (QED) is 0.923. The van der Waals surface area contributed by atoms with E-state index in [1.165, 1.54) is 16.4 Å². The highest BCUT2D eigenvalue weighted by Gasteiger charge is 2.28. The Bertz CT molecular complexity index is 613. The highest BCUT2D eigenvalue weighted by Crippen LogP contribution is 2.24. The Morgan fingerprint density at radius 1 is 1.36 bits per heavy atom. The van der Waals surface area contributed by atoms with Crippen molar-refractivity contribution in [1.29, 1.82) is 0 Å². The van der Waals surface area contributed by atoms with E-state index in [-0.39, 0.29) is 11.5 Å². The summed E-state index contributed by atoms with van der Waals surface area (Å²) in [5.41, 5.74) is 0.504. The number of nitrogens with one attached hydrogen (secondary N) is 1. The monoisotopic (exact) mass is 326 g/mol. The van der Waals surface area contributed by atoms with Crippen molar-refractivity contribution >= 4 is 21.8 Å². The van der Waals surface area contributed by atoms with Gasteiger partial charge in [0.25, 0.3) is 0 Å². The summed E-state index contributed by atoms with van der Waals surface area (Å²) in [5, 5.41) is 2.54. The van der Waals surface area contributed by atoms with Crippen molar-refractivity contribution in [2.75, 3.05) is 25.0 Å². The number of amides is 1. The number of piperidine rings is 1. The molecule has 0 radical (unpaired) electrons. The van der Waals surface area contributed by atoms with Gasteiger partial charge in [-0.15, -0.1) is 0 Å². The normalized spacial score (nSPS) is 19.6. The van der Waals surface area contributed by atoms with Gasteiger partial charge in [0.2, 0.25) is 10.0 Å². The van der Waals surface area contributed by atoms with Crippen molar-refractivity contribution in [2.24, 2.45) is 5.92 Å². The molecule has 2 rings (SSSR count). The van der Waals surface area contributed by atoms with Gasteiger partial charge in [0.15, 0.2) is 0 Å². The summed E-state index contributed by atoms with van der Waals surface area (Å²) in [7, 11) is -3.46. The molecule has 22 heavy (non-hydrogen) atoms. The van der Waals surface area contributed by atoms with E-state index in [2.05, 4.69) is 12.2 Å². The van der Waals surface area contributed by atoms with Gasteiger partial charge >= 0.3 is 6.09 Å². The Morgan fingerprint density at radius 3 is 2.64 bits per heavy atom. The number of anilines is 1. The molecule has 0 bridgehead atoms. The molecular formula is C15H22N2O4S. The minimum absolute atomic E-state index is 0.246. The second-order valence-electron chi connectivity index (χ2n) is 5.48. The van der Waals surface area contributed by atoms with E-state index < -0.39 is 16.1 Å². The first-order chi connectivity index (χ1) is 10.4.